The molecular weight excluding hydrogens is 845 g/mol. The third-order valence-electron chi connectivity index (χ3n) is 10.8. The smallest absolute Gasteiger partial charge is 0.294 e. The fraction of sp³-hybridized carbons (Fsp3) is 0.325. The lowest BCUT2D eigenvalue weighted by atomic mass is 9.81. The van der Waals surface area contributed by atoms with Gasteiger partial charge in [0.05, 0.1) is 25.9 Å². The average molecular weight is 890 g/mol. The molecule has 19 heteroatoms. The van der Waals surface area contributed by atoms with Crippen molar-refractivity contribution in [3.05, 3.63) is 119 Å². The number of hydrogen-bond donors (Lipinski definition) is 5. The van der Waals surface area contributed by atoms with Gasteiger partial charge in [-0.3, -0.25) is 18.2 Å². The number of anilines is 1. The summed E-state index contributed by atoms with van der Waals surface area (Å²) in [4.78, 5) is -0.824. The highest BCUT2D eigenvalue weighted by molar-refractivity contribution is 7.86. The molecule has 5 N–H and O–H groups in total. The number of nitrogens with zero attached hydrogens (tertiary/aromatic N) is 1. The van der Waals surface area contributed by atoms with Gasteiger partial charge in [0.2, 0.25) is 5.69 Å². The van der Waals surface area contributed by atoms with E-state index in [9.17, 15) is 51.9 Å². The molecule has 0 saturated heterocycles. The van der Waals surface area contributed by atoms with Crippen molar-refractivity contribution >= 4 is 57.6 Å². The van der Waals surface area contributed by atoms with Gasteiger partial charge in [0.25, 0.3) is 40.5 Å². The molecule has 0 amide bonds. The Labute approximate surface area is 344 Å². The summed E-state index contributed by atoms with van der Waals surface area (Å²) >= 11 is 0. The molecule has 3 aromatic rings. The van der Waals surface area contributed by atoms with E-state index >= 15 is 0 Å². The Balaban J connectivity index is 1.45. The lowest BCUT2D eigenvalue weighted by molar-refractivity contribution is -0.438. The number of benzene rings is 3. The molecule has 3 aromatic carbocycles. The summed E-state index contributed by atoms with van der Waals surface area (Å²) in [5.41, 5.74) is 4.09. The van der Waals surface area contributed by atoms with Crippen LogP contribution in [0.1, 0.15) is 70.9 Å². The van der Waals surface area contributed by atoms with Crippen molar-refractivity contribution in [2.75, 3.05) is 17.6 Å². The van der Waals surface area contributed by atoms with E-state index in [1.54, 1.807) is 12.1 Å². The summed E-state index contributed by atoms with van der Waals surface area (Å²) in [5.74, 6) is 0.314. The molecule has 0 aromatic heterocycles. The van der Waals surface area contributed by atoms with Crippen LogP contribution in [0.4, 0.5) is 11.4 Å². The fourth-order valence-electron chi connectivity index (χ4n) is 7.63. The van der Waals surface area contributed by atoms with Crippen molar-refractivity contribution in [3.8, 4) is 5.75 Å². The normalized spacial score (nSPS) is 19.4. The zero-order chi connectivity index (χ0) is 43.3. The van der Waals surface area contributed by atoms with Crippen LogP contribution in [-0.4, -0.2) is 74.5 Å². The zero-order valence-electron chi connectivity index (χ0n) is 32.6. The van der Waals surface area contributed by atoms with Crippen molar-refractivity contribution in [1.29, 1.82) is 0 Å². The maximum absolute atomic E-state index is 12.1. The third-order valence-corrected chi connectivity index (χ3v) is 14.2. The number of fused-ring (bicyclic) bond motifs is 2. The molecule has 1 aliphatic carbocycles. The van der Waals surface area contributed by atoms with Gasteiger partial charge in [0.1, 0.15) is 18.1 Å². The first kappa shape index (κ1) is 44.1. The van der Waals surface area contributed by atoms with E-state index in [4.69, 9.17) is 4.74 Å². The molecule has 3 aliphatic rings. The molecule has 59 heavy (non-hydrogen) atoms. The van der Waals surface area contributed by atoms with Gasteiger partial charge in [-0.2, -0.15) is 38.2 Å². The molecular formula is C40H45N2O13S4+. The topological polar surface area (TPSA) is 242 Å². The second kappa shape index (κ2) is 15.9. The average Bonchev–Trinajstić information content (AvgIpc) is 3.51. The van der Waals surface area contributed by atoms with E-state index < -0.39 is 57.1 Å². The summed E-state index contributed by atoms with van der Waals surface area (Å²) in [6.45, 7) is 7.93. The van der Waals surface area contributed by atoms with Crippen LogP contribution in [0.3, 0.4) is 0 Å². The largest absolute Gasteiger partial charge is 0.457 e. The van der Waals surface area contributed by atoms with Crippen LogP contribution < -0.4 is 10.1 Å². The summed E-state index contributed by atoms with van der Waals surface area (Å²) in [6.07, 6.45) is 9.86. The van der Waals surface area contributed by atoms with Crippen molar-refractivity contribution < 1.29 is 61.2 Å². The zero-order valence-corrected chi connectivity index (χ0v) is 35.8. The number of unbranched alkanes of at least 4 members (excludes halogenated alkanes) is 1. The van der Waals surface area contributed by atoms with E-state index in [2.05, 4.69) is 5.32 Å². The molecule has 6 rings (SSSR count). The first-order valence-corrected chi connectivity index (χ1v) is 24.4. The van der Waals surface area contributed by atoms with Crippen molar-refractivity contribution in [2.45, 2.75) is 85.3 Å². The Morgan fingerprint density at radius 1 is 0.695 bits per heavy atom. The Morgan fingerprint density at radius 3 is 1.90 bits per heavy atom. The Hall–Kier alpha value is -4.47. The van der Waals surface area contributed by atoms with Gasteiger partial charge in [-0.1, -0.05) is 19.9 Å². The summed E-state index contributed by atoms with van der Waals surface area (Å²) in [7, 11) is -17.6. The fourth-order valence-corrected chi connectivity index (χ4v) is 9.69. The van der Waals surface area contributed by atoms with Crippen LogP contribution in [0.2, 0.25) is 0 Å². The predicted octanol–water partition coefficient (Wildman–Crippen LogP) is 6.76. The second-order valence-corrected chi connectivity index (χ2v) is 21.4. The lowest BCUT2D eigenvalue weighted by Gasteiger charge is -2.23. The number of nitrogens with one attached hydrogen (secondary N) is 1. The first-order chi connectivity index (χ1) is 27.3. The number of hydrogen-bond acceptors (Lipinski definition) is 10. The van der Waals surface area contributed by atoms with Crippen LogP contribution in [0.15, 0.2) is 122 Å². The van der Waals surface area contributed by atoms with Gasteiger partial charge in [0.15, 0.2) is 5.71 Å². The Kier molecular flexibility index (Phi) is 11.8. The highest BCUT2D eigenvalue weighted by Gasteiger charge is 2.45. The lowest BCUT2D eigenvalue weighted by Crippen LogP contribution is -2.28. The van der Waals surface area contributed by atoms with Crippen LogP contribution in [0, 0.1) is 0 Å². The molecule has 0 atom stereocenters. The predicted molar refractivity (Wildman–Crippen MR) is 221 cm³/mol. The molecule has 0 saturated carbocycles. The SMILES string of the molecule is CC1(C)C(/C=C/C2=C(Oc3ccc(S(=O)(=O)O)cc3)C(=C/C=C3\Nc4ccc(S(=O)(=O)O)cc4C3(C)C)/CCC2)=[N+](CCCCS(=O)(=O)O)c2ccc(S(=O)(=O)O)cc21. The van der Waals surface area contributed by atoms with Gasteiger partial charge in [-0.25, -0.2) is 0 Å². The molecule has 0 unspecified atom stereocenters. The highest BCUT2D eigenvalue weighted by Crippen LogP contribution is 2.45. The maximum Gasteiger partial charge on any atom is 0.294 e. The van der Waals surface area contributed by atoms with Gasteiger partial charge in [0, 0.05) is 40.9 Å². The summed E-state index contributed by atoms with van der Waals surface area (Å²) < 4.78 is 141. The molecule has 0 radical (unpaired) electrons. The van der Waals surface area contributed by atoms with Crippen LogP contribution in [-0.2, 0) is 51.3 Å². The minimum absolute atomic E-state index is 0.160. The standard InChI is InChI=1S/C40H44N2O13S4/c1-39(2)32-24-30(58(49,50)51)16-18-34(32)41-36(39)20-10-26-8-7-9-27(38(26)55-28-12-14-29(15-13-28)57(46,47)48)11-21-37-40(3,4)33-25-31(59(52,53)54)17-19-35(33)42(37)22-5-6-23-56(43,44)45/h10-21,24-25H,5-9,22-23H2,1-4H3,(H4,43,44,45,46,47,48,49,50,51,52,53,54)/p+1. The number of rotatable bonds is 13. The van der Waals surface area contributed by atoms with Crippen LogP contribution in [0.5, 0.6) is 5.75 Å². The minimum Gasteiger partial charge on any atom is -0.457 e. The van der Waals surface area contributed by atoms with Crippen LogP contribution >= 0.6 is 0 Å². The second-order valence-electron chi connectivity index (χ2n) is 15.6. The van der Waals surface area contributed by atoms with Crippen molar-refractivity contribution in [2.24, 2.45) is 0 Å². The monoisotopic (exact) mass is 889 g/mol. The highest BCUT2D eigenvalue weighted by atomic mass is 32.2. The van der Waals surface area contributed by atoms with Gasteiger partial charge < -0.3 is 10.1 Å². The molecule has 2 heterocycles. The van der Waals surface area contributed by atoms with E-state index in [0.717, 1.165) is 22.6 Å². The maximum atomic E-state index is 12.1. The molecule has 15 nitrogen and oxygen atoms in total. The van der Waals surface area contributed by atoms with Crippen molar-refractivity contribution in [1.82, 2.24) is 0 Å². The first-order valence-electron chi connectivity index (χ1n) is 18.5. The van der Waals surface area contributed by atoms with E-state index in [1.165, 1.54) is 48.5 Å². The Morgan fingerprint density at radius 2 is 1.29 bits per heavy atom. The van der Waals surface area contributed by atoms with Gasteiger partial charge in [-0.15, -0.1) is 0 Å². The van der Waals surface area contributed by atoms with Crippen LogP contribution in [0.25, 0.3) is 0 Å². The quantitative estimate of drug-likeness (QED) is 0.0677. The molecule has 0 spiro atoms. The van der Waals surface area contributed by atoms with Gasteiger partial charge in [-0.05, 0) is 123 Å². The minimum atomic E-state index is -4.53. The Bertz CT molecular complexity index is 2830. The summed E-state index contributed by atoms with van der Waals surface area (Å²) in [6, 6.07) is 13.9. The molecule has 0 bridgehead atoms. The molecule has 2 aliphatic heterocycles. The number of allylic oxidation sites excluding steroid dienone is 7. The summed E-state index contributed by atoms with van der Waals surface area (Å²) in [5, 5.41) is 3.35. The van der Waals surface area contributed by atoms with Crippen molar-refractivity contribution in [3.63, 3.8) is 0 Å². The van der Waals surface area contributed by atoms with Gasteiger partial charge >= 0.3 is 0 Å². The van der Waals surface area contributed by atoms with E-state index in [0.29, 0.717) is 60.5 Å². The molecule has 316 valence electrons. The van der Waals surface area contributed by atoms with E-state index in [-0.39, 0.29) is 26.9 Å². The van der Waals surface area contributed by atoms with E-state index in [1.807, 2.05) is 56.6 Å². The third kappa shape index (κ3) is 9.62. The molecule has 0 fully saturated rings. The number of ether oxygens (including phenoxy) is 1.